The monoisotopic (exact) mass is 325 g/mol. The molecule has 0 bridgehead atoms. The molecule has 2 aromatic carbocycles. The van der Waals surface area contributed by atoms with Crippen LogP contribution in [-0.4, -0.2) is 31.3 Å². The van der Waals surface area contributed by atoms with Gasteiger partial charge in [0, 0.05) is 23.2 Å². The first-order valence-corrected chi connectivity index (χ1v) is 7.44. The van der Waals surface area contributed by atoms with Gasteiger partial charge in [0.1, 0.15) is 12.1 Å². The second kappa shape index (κ2) is 6.62. The summed E-state index contributed by atoms with van der Waals surface area (Å²) in [5.41, 5.74) is 2.81. The molecule has 1 N–H and O–H groups in total. The molecule has 0 atom stereocenters. The van der Waals surface area contributed by atoms with Gasteiger partial charge in [-0.1, -0.05) is 11.6 Å². The number of aromatic nitrogens is 2. The van der Waals surface area contributed by atoms with Gasteiger partial charge in [-0.05, 0) is 19.1 Å². The first-order chi connectivity index (χ1) is 11.7. The zero-order valence-electron chi connectivity index (χ0n) is 14.1. The highest BCUT2D eigenvalue weighted by Gasteiger charge is 2.14. The summed E-state index contributed by atoms with van der Waals surface area (Å²) < 4.78 is 16.1. The van der Waals surface area contributed by atoms with Crippen molar-refractivity contribution in [2.24, 2.45) is 0 Å². The molecule has 0 aliphatic carbocycles. The van der Waals surface area contributed by atoms with Crippen LogP contribution in [0.5, 0.6) is 17.2 Å². The van der Waals surface area contributed by atoms with Crippen molar-refractivity contribution in [1.82, 2.24) is 9.97 Å². The predicted octanol–water partition coefficient (Wildman–Crippen LogP) is 3.71. The van der Waals surface area contributed by atoms with Gasteiger partial charge in [0.15, 0.2) is 11.5 Å². The van der Waals surface area contributed by atoms with Crippen molar-refractivity contribution in [3.8, 4) is 17.2 Å². The molecule has 0 saturated carbocycles. The maximum Gasteiger partial charge on any atom is 0.203 e. The minimum absolute atomic E-state index is 0.550. The molecule has 0 aliphatic rings. The number of methoxy groups -OCH3 is 3. The first-order valence-electron chi connectivity index (χ1n) is 7.44. The molecule has 3 rings (SSSR count). The molecule has 0 amide bonds. The van der Waals surface area contributed by atoms with E-state index in [4.69, 9.17) is 14.2 Å². The van der Waals surface area contributed by atoms with Gasteiger partial charge >= 0.3 is 0 Å². The van der Waals surface area contributed by atoms with E-state index in [0.717, 1.165) is 28.0 Å². The van der Waals surface area contributed by atoms with Crippen LogP contribution in [0.25, 0.3) is 10.9 Å². The second-order valence-electron chi connectivity index (χ2n) is 5.28. The van der Waals surface area contributed by atoms with Gasteiger partial charge in [0.25, 0.3) is 0 Å². The standard InChI is InChI=1S/C18H19N3O3/c1-11-5-6-14-13(7-11)18(20-10-19-14)21-12-8-15(22-2)17(24-4)16(9-12)23-3/h5-10H,1-4H3,(H,19,20,21). The topological polar surface area (TPSA) is 65.5 Å². The third-order valence-corrected chi connectivity index (χ3v) is 3.72. The van der Waals surface area contributed by atoms with Crippen molar-refractivity contribution in [2.45, 2.75) is 6.92 Å². The summed E-state index contributed by atoms with van der Waals surface area (Å²) in [5, 5.41) is 4.26. The summed E-state index contributed by atoms with van der Waals surface area (Å²) in [5.74, 6) is 2.43. The smallest absolute Gasteiger partial charge is 0.203 e. The van der Waals surface area contributed by atoms with Crippen LogP contribution in [-0.2, 0) is 0 Å². The fourth-order valence-corrected chi connectivity index (χ4v) is 2.56. The number of ether oxygens (including phenoxy) is 3. The van der Waals surface area contributed by atoms with Crippen LogP contribution < -0.4 is 19.5 Å². The molecule has 6 heteroatoms. The Balaban J connectivity index is 2.07. The molecule has 1 heterocycles. The van der Waals surface area contributed by atoms with Gasteiger partial charge in [0.05, 0.1) is 26.8 Å². The van der Waals surface area contributed by atoms with Crippen LogP contribution >= 0.6 is 0 Å². The maximum absolute atomic E-state index is 5.39. The molecule has 6 nitrogen and oxygen atoms in total. The zero-order valence-corrected chi connectivity index (χ0v) is 14.1. The fourth-order valence-electron chi connectivity index (χ4n) is 2.56. The summed E-state index contributed by atoms with van der Waals surface area (Å²) >= 11 is 0. The summed E-state index contributed by atoms with van der Waals surface area (Å²) in [6.45, 7) is 2.04. The third kappa shape index (κ3) is 2.90. The number of aryl methyl sites for hydroxylation is 1. The average molecular weight is 325 g/mol. The Morgan fingerprint density at radius 2 is 1.58 bits per heavy atom. The Hall–Kier alpha value is -3.02. The lowest BCUT2D eigenvalue weighted by Crippen LogP contribution is -2.00. The largest absolute Gasteiger partial charge is 0.493 e. The number of nitrogens with zero attached hydrogens (tertiary/aromatic N) is 2. The molecule has 0 radical (unpaired) electrons. The van der Waals surface area contributed by atoms with Gasteiger partial charge in [-0.2, -0.15) is 0 Å². The SMILES string of the molecule is COc1cc(Nc2ncnc3ccc(C)cc23)cc(OC)c1OC. The molecule has 1 aromatic heterocycles. The van der Waals surface area contributed by atoms with E-state index in [9.17, 15) is 0 Å². The van der Waals surface area contributed by atoms with Crippen LogP contribution in [0.2, 0.25) is 0 Å². The summed E-state index contributed by atoms with van der Waals surface area (Å²) in [6.07, 6.45) is 1.54. The number of anilines is 2. The van der Waals surface area contributed by atoms with Gasteiger partial charge in [0.2, 0.25) is 5.75 Å². The zero-order chi connectivity index (χ0) is 17.1. The summed E-state index contributed by atoms with van der Waals surface area (Å²) in [6, 6.07) is 9.73. The molecular weight excluding hydrogens is 306 g/mol. The van der Waals surface area contributed by atoms with Crippen molar-refractivity contribution in [1.29, 1.82) is 0 Å². The van der Waals surface area contributed by atoms with E-state index in [1.54, 1.807) is 21.3 Å². The van der Waals surface area contributed by atoms with Crippen LogP contribution in [0.4, 0.5) is 11.5 Å². The number of benzene rings is 2. The van der Waals surface area contributed by atoms with Crippen LogP contribution in [0.15, 0.2) is 36.7 Å². The number of rotatable bonds is 5. The Labute approximate surface area is 140 Å². The molecule has 3 aromatic rings. The lowest BCUT2D eigenvalue weighted by molar-refractivity contribution is 0.324. The van der Waals surface area contributed by atoms with Gasteiger partial charge in [-0.15, -0.1) is 0 Å². The van der Waals surface area contributed by atoms with E-state index in [-0.39, 0.29) is 0 Å². The van der Waals surface area contributed by atoms with E-state index in [0.29, 0.717) is 17.2 Å². The quantitative estimate of drug-likeness (QED) is 0.771. The Morgan fingerprint density at radius 1 is 0.875 bits per heavy atom. The van der Waals surface area contributed by atoms with E-state index >= 15 is 0 Å². The Morgan fingerprint density at radius 3 is 2.21 bits per heavy atom. The predicted molar refractivity (Wildman–Crippen MR) is 93.7 cm³/mol. The van der Waals surface area contributed by atoms with Crippen molar-refractivity contribution in [3.63, 3.8) is 0 Å². The normalized spacial score (nSPS) is 10.5. The number of hydrogen-bond acceptors (Lipinski definition) is 6. The number of fused-ring (bicyclic) bond motifs is 1. The van der Waals surface area contributed by atoms with E-state index in [1.807, 2.05) is 31.2 Å². The van der Waals surface area contributed by atoms with E-state index < -0.39 is 0 Å². The molecule has 0 spiro atoms. The highest BCUT2D eigenvalue weighted by Crippen LogP contribution is 2.40. The van der Waals surface area contributed by atoms with Crippen molar-refractivity contribution < 1.29 is 14.2 Å². The second-order valence-corrected chi connectivity index (χ2v) is 5.28. The molecule has 24 heavy (non-hydrogen) atoms. The first kappa shape index (κ1) is 15.9. The highest BCUT2D eigenvalue weighted by atomic mass is 16.5. The Kier molecular flexibility index (Phi) is 4.37. The van der Waals surface area contributed by atoms with Gasteiger partial charge in [-0.3, -0.25) is 0 Å². The molecule has 0 saturated heterocycles. The maximum atomic E-state index is 5.39. The average Bonchev–Trinajstić information content (AvgIpc) is 2.61. The van der Waals surface area contributed by atoms with Gasteiger partial charge in [-0.25, -0.2) is 9.97 Å². The highest BCUT2D eigenvalue weighted by molar-refractivity contribution is 5.91. The summed E-state index contributed by atoms with van der Waals surface area (Å²) in [4.78, 5) is 8.66. The minimum atomic E-state index is 0.550. The molecule has 0 fully saturated rings. The molecule has 124 valence electrons. The van der Waals surface area contributed by atoms with Crippen molar-refractivity contribution in [2.75, 3.05) is 26.6 Å². The van der Waals surface area contributed by atoms with Crippen LogP contribution in [0.3, 0.4) is 0 Å². The molecule has 0 aliphatic heterocycles. The number of hydrogen-bond donors (Lipinski definition) is 1. The number of nitrogens with one attached hydrogen (secondary N) is 1. The van der Waals surface area contributed by atoms with Gasteiger partial charge < -0.3 is 19.5 Å². The molecule has 0 unspecified atom stereocenters. The van der Waals surface area contributed by atoms with E-state index in [2.05, 4.69) is 21.4 Å². The van der Waals surface area contributed by atoms with E-state index in [1.165, 1.54) is 6.33 Å². The Bertz CT molecular complexity index is 856. The van der Waals surface area contributed by atoms with Crippen LogP contribution in [0, 0.1) is 6.92 Å². The van der Waals surface area contributed by atoms with Crippen molar-refractivity contribution >= 4 is 22.4 Å². The van der Waals surface area contributed by atoms with Crippen LogP contribution in [0.1, 0.15) is 5.56 Å². The minimum Gasteiger partial charge on any atom is -0.493 e. The third-order valence-electron chi connectivity index (χ3n) is 3.72. The van der Waals surface area contributed by atoms with Crippen molar-refractivity contribution in [3.05, 3.63) is 42.2 Å². The molecular formula is C18H19N3O3. The lowest BCUT2D eigenvalue weighted by Gasteiger charge is -2.15. The fraction of sp³-hybridized carbons (Fsp3) is 0.222. The lowest BCUT2D eigenvalue weighted by atomic mass is 10.1. The summed E-state index contributed by atoms with van der Waals surface area (Å²) in [7, 11) is 4.75.